The average Bonchev–Trinajstić information content (AvgIpc) is 3.16. The van der Waals surface area contributed by atoms with Crippen LogP contribution >= 0.6 is 0 Å². The maximum Gasteiger partial charge on any atom is 0.308 e. The molecule has 4 heteroatoms. The van der Waals surface area contributed by atoms with Crippen LogP contribution in [0.25, 0.3) is 0 Å². The van der Waals surface area contributed by atoms with Gasteiger partial charge >= 0.3 is 5.97 Å². The Kier molecular flexibility index (Phi) is 3.80. The van der Waals surface area contributed by atoms with Crippen LogP contribution in [0.2, 0.25) is 0 Å². The summed E-state index contributed by atoms with van der Waals surface area (Å²) in [5, 5.41) is 0. The van der Waals surface area contributed by atoms with Gasteiger partial charge in [-0.05, 0) is 49.9 Å². The smallest absolute Gasteiger partial charge is 0.308 e. The Morgan fingerprint density at radius 2 is 1.58 bits per heavy atom. The Balaban J connectivity index is 2.36. The molecule has 2 rings (SSSR count). The highest BCUT2D eigenvalue weighted by atomic mass is 16.6. The third kappa shape index (κ3) is 2.89. The van der Waals surface area contributed by atoms with Gasteiger partial charge in [0.05, 0.1) is 6.61 Å². The second kappa shape index (κ2) is 5.21. The Morgan fingerprint density at radius 1 is 1.11 bits per heavy atom. The van der Waals surface area contributed by atoms with E-state index < -0.39 is 0 Å². The number of rotatable bonds is 4. The summed E-state index contributed by atoms with van der Waals surface area (Å²) in [7, 11) is 0. The van der Waals surface area contributed by atoms with Gasteiger partial charge in [-0.2, -0.15) is 0 Å². The van der Waals surface area contributed by atoms with Gasteiger partial charge in [-0.3, -0.25) is 4.79 Å². The summed E-state index contributed by atoms with van der Waals surface area (Å²) in [6.45, 7) is 10.6. The summed E-state index contributed by atoms with van der Waals surface area (Å²) in [6.07, 6.45) is 0.229. The van der Waals surface area contributed by atoms with Gasteiger partial charge in [-0.1, -0.05) is 0 Å². The van der Waals surface area contributed by atoms with Gasteiger partial charge in [0.25, 0.3) is 0 Å². The van der Waals surface area contributed by atoms with Crippen molar-refractivity contribution in [1.29, 1.82) is 0 Å². The van der Waals surface area contributed by atoms with Crippen LogP contribution in [0.4, 0.5) is 0 Å². The molecule has 0 radical (unpaired) electrons. The average molecular weight is 264 g/mol. The molecule has 0 aromatic heterocycles. The molecule has 0 bridgehead atoms. The molecule has 19 heavy (non-hydrogen) atoms. The number of epoxide rings is 1. The molecule has 0 saturated carbocycles. The molecule has 1 saturated heterocycles. The Hall–Kier alpha value is -1.55. The largest absolute Gasteiger partial charge is 0.490 e. The normalized spacial score (nSPS) is 17.2. The maximum atomic E-state index is 11.2. The molecule has 1 unspecified atom stereocenters. The van der Waals surface area contributed by atoms with Crippen LogP contribution in [-0.2, 0) is 9.53 Å². The fraction of sp³-hybridized carbons (Fsp3) is 0.533. The first-order chi connectivity index (χ1) is 8.91. The molecule has 1 aromatic rings. The number of carbonyl (C=O) groups excluding carboxylic acids is 1. The van der Waals surface area contributed by atoms with E-state index in [9.17, 15) is 4.79 Å². The maximum absolute atomic E-state index is 11.2. The minimum Gasteiger partial charge on any atom is -0.490 e. The molecule has 1 aromatic carbocycles. The number of hydrogen-bond acceptors (Lipinski definition) is 4. The molecule has 0 aliphatic carbocycles. The number of hydrogen-bond donors (Lipinski definition) is 0. The lowest BCUT2D eigenvalue weighted by Crippen LogP contribution is -2.11. The summed E-state index contributed by atoms with van der Waals surface area (Å²) in [6, 6.07) is 0. The Bertz CT molecular complexity index is 486. The van der Waals surface area contributed by atoms with E-state index in [1.807, 2.05) is 27.7 Å². The number of carbonyl (C=O) groups is 1. The number of benzene rings is 1. The zero-order valence-electron chi connectivity index (χ0n) is 12.1. The lowest BCUT2D eigenvalue weighted by Gasteiger charge is -2.19. The third-order valence-electron chi connectivity index (χ3n) is 3.55. The molecule has 1 atom stereocenters. The molecule has 0 spiro atoms. The van der Waals surface area contributed by atoms with E-state index in [-0.39, 0.29) is 12.1 Å². The van der Waals surface area contributed by atoms with Crippen molar-refractivity contribution < 1.29 is 19.0 Å². The zero-order chi connectivity index (χ0) is 14.2. The van der Waals surface area contributed by atoms with Crippen molar-refractivity contribution in [2.24, 2.45) is 0 Å². The molecule has 1 heterocycles. The summed E-state index contributed by atoms with van der Waals surface area (Å²) in [4.78, 5) is 11.2. The summed E-state index contributed by atoms with van der Waals surface area (Å²) in [5.74, 6) is 1.23. The number of ether oxygens (including phenoxy) is 3. The van der Waals surface area contributed by atoms with Crippen molar-refractivity contribution in [3.05, 3.63) is 22.3 Å². The van der Waals surface area contributed by atoms with Crippen molar-refractivity contribution in [2.75, 3.05) is 13.2 Å². The molecule has 1 aliphatic rings. The van der Waals surface area contributed by atoms with E-state index in [4.69, 9.17) is 14.2 Å². The van der Waals surface area contributed by atoms with Crippen LogP contribution < -0.4 is 9.47 Å². The van der Waals surface area contributed by atoms with Crippen molar-refractivity contribution in [2.45, 2.75) is 40.7 Å². The van der Waals surface area contributed by atoms with Crippen LogP contribution in [0.3, 0.4) is 0 Å². The molecule has 0 amide bonds. The van der Waals surface area contributed by atoms with E-state index in [1.165, 1.54) is 6.92 Å². The Labute approximate surface area is 113 Å². The van der Waals surface area contributed by atoms with Crippen molar-refractivity contribution in [3.8, 4) is 11.5 Å². The highest BCUT2D eigenvalue weighted by molar-refractivity contribution is 5.72. The van der Waals surface area contributed by atoms with Gasteiger partial charge in [0.15, 0.2) is 0 Å². The highest BCUT2D eigenvalue weighted by Gasteiger charge is 2.25. The predicted octanol–water partition coefficient (Wildman–Crippen LogP) is 2.62. The molecule has 104 valence electrons. The van der Waals surface area contributed by atoms with Crippen LogP contribution in [-0.4, -0.2) is 25.3 Å². The fourth-order valence-corrected chi connectivity index (χ4v) is 2.10. The number of esters is 1. The van der Waals surface area contributed by atoms with Gasteiger partial charge in [0.2, 0.25) is 0 Å². The van der Waals surface area contributed by atoms with Crippen LogP contribution in [0.1, 0.15) is 29.2 Å². The second-order valence-corrected chi connectivity index (χ2v) is 5.02. The van der Waals surface area contributed by atoms with Gasteiger partial charge in [0, 0.05) is 6.92 Å². The second-order valence-electron chi connectivity index (χ2n) is 5.02. The van der Waals surface area contributed by atoms with Crippen LogP contribution in [0.15, 0.2) is 0 Å². The first-order valence-corrected chi connectivity index (χ1v) is 6.45. The standard InChI is InChI=1S/C15H20O4/c1-8-10(3)15(19-12(5)16)11(4)9(2)14(8)18-7-13-6-17-13/h13H,6-7H2,1-5H3. The summed E-state index contributed by atoms with van der Waals surface area (Å²) >= 11 is 0. The van der Waals surface area contributed by atoms with Gasteiger partial charge in [-0.25, -0.2) is 0 Å². The van der Waals surface area contributed by atoms with E-state index in [1.54, 1.807) is 0 Å². The fourth-order valence-electron chi connectivity index (χ4n) is 2.10. The van der Waals surface area contributed by atoms with Crippen LogP contribution in [0.5, 0.6) is 11.5 Å². The van der Waals surface area contributed by atoms with Crippen LogP contribution in [0, 0.1) is 27.7 Å². The van der Waals surface area contributed by atoms with E-state index in [0.29, 0.717) is 12.4 Å². The minimum atomic E-state index is -0.301. The van der Waals surface area contributed by atoms with Gasteiger partial charge in [-0.15, -0.1) is 0 Å². The zero-order valence-corrected chi connectivity index (χ0v) is 12.1. The summed E-state index contributed by atoms with van der Waals surface area (Å²) < 4.78 is 16.3. The summed E-state index contributed by atoms with van der Waals surface area (Å²) in [5.41, 5.74) is 3.93. The lowest BCUT2D eigenvalue weighted by molar-refractivity contribution is -0.131. The quantitative estimate of drug-likeness (QED) is 0.476. The van der Waals surface area contributed by atoms with Crippen molar-refractivity contribution in [1.82, 2.24) is 0 Å². The van der Waals surface area contributed by atoms with Gasteiger partial charge < -0.3 is 14.2 Å². The molecule has 1 fully saturated rings. The molecular formula is C15H20O4. The minimum absolute atomic E-state index is 0.229. The monoisotopic (exact) mass is 264 g/mol. The molecule has 4 nitrogen and oxygen atoms in total. The Morgan fingerprint density at radius 3 is 2.00 bits per heavy atom. The SMILES string of the molecule is CC(=O)Oc1c(C)c(C)c(OCC2CO2)c(C)c1C. The molecule has 0 N–H and O–H groups in total. The third-order valence-corrected chi connectivity index (χ3v) is 3.55. The van der Waals surface area contributed by atoms with E-state index in [0.717, 1.165) is 34.6 Å². The van der Waals surface area contributed by atoms with Crippen molar-refractivity contribution >= 4 is 5.97 Å². The first kappa shape index (κ1) is 13.9. The van der Waals surface area contributed by atoms with E-state index >= 15 is 0 Å². The molecular weight excluding hydrogens is 244 g/mol. The predicted molar refractivity (Wildman–Crippen MR) is 71.9 cm³/mol. The van der Waals surface area contributed by atoms with Gasteiger partial charge in [0.1, 0.15) is 24.2 Å². The van der Waals surface area contributed by atoms with E-state index in [2.05, 4.69) is 0 Å². The highest BCUT2D eigenvalue weighted by Crippen LogP contribution is 2.37. The first-order valence-electron chi connectivity index (χ1n) is 6.45. The topological polar surface area (TPSA) is 48.1 Å². The lowest BCUT2D eigenvalue weighted by atomic mass is 9.98. The van der Waals surface area contributed by atoms with Crippen molar-refractivity contribution in [3.63, 3.8) is 0 Å². The molecule has 1 aliphatic heterocycles.